The lowest BCUT2D eigenvalue weighted by atomic mass is 10.2. The molecule has 1 aliphatic heterocycles. The molecule has 6 nitrogen and oxygen atoms in total. The van der Waals surface area contributed by atoms with Crippen molar-refractivity contribution in [3.05, 3.63) is 41.7 Å². The standard InChI is InChI=1S/C20H26N2O4S2/c1-15-13-18(16(2)22(15)14-20(23)24)27-17-9-5-6-10-19(17)28(25,26)21-11-7-3-4-8-12-21/h5-6,9-10,13H,3-4,7-8,11-12,14H2,1-2H3,(H,23,24). The third-order valence-corrected chi connectivity index (χ3v) is 8.37. The molecular weight excluding hydrogens is 396 g/mol. The van der Waals surface area contributed by atoms with Gasteiger partial charge in [-0.25, -0.2) is 8.42 Å². The minimum Gasteiger partial charge on any atom is -0.480 e. The quantitative estimate of drug-likeness (QED) is 0.764. The van der Waals surface area contributed by atoms with Crippen LogP contribution in [0.1, 0.15) is 37.1 Å². The van der Waals surface area contributed by atoms with Crippen LogP contribution in [0.3, 0.4) is 0 Å². The number of aromatic nitrogens is 1. The average Bonchev–Trinajstić information content (AvgIpc) is 2.87. The summed E-state index contributed by atoms with van der Waals surface area (Å²) in [4.78, 5) is 13.0. The van der Waals surface area contributed by atoms with Crippen molar-refractivity contribution in [2.75, 3.05) is 13.1 Å². The van der Waals surface area contributed by atoms with Crippen LogP contribution in [-0.2, 0) is 21.4 Å². The van der Waals surface area contributed by atoms with Crippen LogP contribution in [0.2, 0.25) is 0 Å². The van der Waals surface area contributed by atoms with Crippen LogP contribution < -0.4 is 0 Å². The van der Waals surface area contributed by atoms with Gasteiger partial charge >= 0.3 is 5.97 Å². The molecule has 0 amide bonds. The molecule has 2 heterocycles. The Labute approximate surface area is 170 Å². The normalized spacial score (nSPS) is 16.1. The topological polar surface area (TPSA) is 79.6 Å². The van der Waals surface area contributed by atoms with Crippen LogP contribution in [0.5, 0.6) is 0 Å². The number of aliphatic carboxylic acids is 1. The molecular formula is C20H26N2O4S2. The summed E-state index contributed by atoms with van der Waals surface area (Å²) in [5, 5.41) is 9.12. The number of sulfonamides is 1. The van der Waals surface area contributed by atoms with Gasteiger partial charge in [-0.2, -0.15) is 4.31 Å². The van der Waals surface area contributed by atoms with Gasteiger partial charge in [0.2, 0.25) is 10.0 Å². The summed E-state index contributed by atoms with van der Waals surface area (Å²) in [7, 11) is -3.56. The fourth-order valence-corrected chi connectivity index (χ4v) is 6.61. The SMILES string of the molecule is Cc1cc(Sc2ccccc2S(=O)(=O)N2CCCCCC2)c(C)n1CC(=O)O. The second kappa shape index (κ2) is 8.71. The number of nitrogens with zero attached hydrogens (tertiary/aromatic N) is 2. The highest BCUT2D eigenvalue weighted by Crippen LogP contribution is 2.37. The molecule has 0 saturated carbocycles. The van der Waals surface area contributed by atoms with E-state index in [1.54, 1.807) is 21.0 Å². The molecule has 28 heavy (non-hydrogen) atoms. The zero-order chi connectivity index (χ0) is 20.3. The molecule has 2 aromatic rings. The predicted molar refractivity (Wildman–Crippen MR) is 109 cm³/mol. The molecule has 1 N–H and O–H groups in total. The smallest absolute Gasteiger partial charge is 0.323 e. The first kappa shape index (κ1) is 21.0. The number of carboxylic acids is 1. The van der Waals surface area contributed by atoms with Crippen molar-refractivity contribution in [1.29, 1.82) is 0 Å². The maximum Gasteiger partial charge on any atom is 0.323 e. The Morgan fingerprint density at radius 2 is 1.71 bits per heavy atom. The number of rotatable bonds is 6. The predicted octanol–water partition coefficient (Wildman–Crippen LogP) is 3.91. The van der Waals surface area contributed by atoms with Crippen molar-refractivity contribution in [1.82, 2.24) is 8.87 Å². The van der Waals surface area contributed by atoms with E-state index < -0.39 is 16.0 Å². The van der Waals surface area contributed by atoms with Gasteiger partial charge in [0.15, 0.2) is 0 Å². The third kappa shape index (κ3) is 4.45. The zero-order valence-electron chi connectivity index (χ0n) is 16.2. The lowest BCUT2D eigenvalue weighted by molar-refractivity contribution is -0.137. The zero-order valence-corrected chi connectivity index (χ0v) is 17.9. The van der Waals surface area contributed by atoms with Gasteiger partial charge < -0.3 is 9.67 Å². The van der Waals surface area contributed by atoms with Crippen LogP contribution in [0.4, 0.5) is 0 Å². The van der Waals surface area contributed by atoms with Crippen LogP contribution >= 0.6 is 11.8 Å². The van der Waals surface area contributed by atoms with E-state index in [4.69, 9.17) is 5.11 Å². The van der Waals surface area contributed by atoms with Crippen molar-refractivity contribution in [3.8, 4) is 0 Å². The first-order chi connectivity index (χ1) is 13.3. The Morgan fingerprint density at radius 3 is 2.36 bits per heavy atom. The van der Waals surface area contributed by atoms with E-state index in [1.807, 2.05) is 32.0 Å². The number of hydrogen-bond acceptors (Lipinski definition) is 4. The van der Waals surface area contributed by atoms with E-state index in [0.717, 1.165) is 42.0 Å². The fraction of sp³-hybridized carbons (Fsp3) is 0.450. The number of carbonyl (C=O) groups is 1. The van der Waals surface area contributed by atoms with E-state index in [1.165, 1.54) is 11.8 Å². The molecule has 0 aliphatic carbocycles. The molecule has 0 unspecified atom stereocenters. The fourth-order valence-electron chi connectivity index (χ4n) is 3.54. The van der Waals surface area contributed by atoms with Gasteiger partial charge in [0.05, 0.1) is 4.90 Å². The average molecular weight is 423 g/mol. The molecule has 0 atom stereocenters. The van der Waals surface area contributed by atoms with E-state index in [0.29, 0.717) is 22.9 Å². The molecule has 3 rings (SSSR count). The van der Waals surface area contributed by atoms with Crippen LogP contribution in [0.25, 0.3) is 0 Å². The second-order valence-corrected chi connectivity index (χ2v) is 10.1. The van der Waals surface area contributed by atoms with E-state index >= 15 is 0 Å². The number of benzene rings is 1. The summed E-state index contributed by atoms with van der Waals surface area (Å²) in [6, 6.07) is 8.98. The Kier molecular flexibility index (Phi) is 6.52. The maximum absolute atomic E-state index is 13.3. The second-order valence-electron chi connectivity index (χ2n) is 7.08. The van der Waals surface area contributed by atoms with Gasteiger partial charge in [0, 0.05) is 34.3 Å². The van der Waals surface area contributed by atoms with Gasteiger partial charge in [0.25, 0.3) is 0 Å². The number of carboxylic acid groups (broad SMARTS) is 1. The highest BCUT2D eigenvalue weighted by atomic mass is 32.2. The summed E-state index contributed by atoms with van der Waals surface area (Å²) in [5.41, 5.74) is 1.67. The highest BCUT2D eigenvalue weighted by molar-refractivity contribution is 8.00. The molecule has 1 fully saturated rings. The molecule has 1 aromatic carbocycles. The lowest BCUT2D eigenvalue weighted by Gasteiger charge is -2.21. The third-order valence-electron chi connectivity index (χ3n) is 5.07. The number of aryl methyl sites for hydroxylation is 1. The molecule has 0 bridgehead atoms. The van der Waals surface area contributed by atoms with Crippen molar-refractivity contribution in [3.63, 3.8) is 0 Å². The Hall–Kier alpha value is -1.77. The van der Waals surface area contributed by atoms with E-state index in [2.05, 4.69) is 0 Å². The van der Waals surface area contributed by atoms with Crippen LogP contribution in [0.15, 0.2) is 45.0 Å². The molecule has 152 valence electrons. The maximum atomic E-state index is 13.3. The minimum absolute atomic E-state index is 0.105. The summed E-state index contributed by atoms with van der Waals surface area (Å²) < 4.78 is 29.9. The Morgan fingerprint density at radius 1 is 1.07 bits per heavy atom. The van der Waals surface area contributed by atoms with E-state index in [9.17, 15) is 13.2 Å². The van der Waals surface area contributed by atoms with Gasteiger partial charge in [0.1, 0.15) is 6.54 Å². The van der Waals surface area contributed by atoms with Crippen molar-refractivity contribution in [2.24, 2.45) is 0 Å². The molecule has 1 saturated heterocycles. The molecule has 0 spiro atoms. The van der Waals surface area contributed by atoms with Crippen molar-refractivity contribution in [2.45, 2.75) is 60.8 Å². The van der Waals surface area contributed by atoms with Gasteiger partial charge in [-0.15, -0.1) is 0 Å². The number of hydrogen-bond donors (Lipinski definition) is 1. The first-order valence-electron chi connectivity index (χ1n) is 9.46. The van der Waals surface area contributed by atoms with Gasteiger partial charge in [-0.05, 0) is 44.9 Å². The van der Waals surface area contributed by atoms with E-state index in [-0.39, 0.29) is 6.54 Å². The largest absolute Gasteiger partial charge is 0.480 e. The summed E-state index contributed by atoms with van der Waals surface area (Å²) in [5.74, 6) is -0.900. The Balaban J connectivity index is 1.94. The first-order valence-corrected chi connectivity index (χ1v) is 11.7. The van der Waals surface area contributed by atoms with Crippen LogP contribution in [-0.4, -0.2) is 41.5 Å². The summed E-state index contributed by atoms with van der Waals surface area (Å²) in [6.07, 6.45) is 3.92. The summed E-state index contributed by atoms with van der Waals surface area (Å²) >= 11 is 1.38. The van der Waals surface area contributed by atoms with Crippen molar-refractivity contribution < 1.29 is 18.3 Å². The minimum atomic E-state index is -3.56. The molecule has 0 radical (unpaired) electrons. The Bertz CT molecular complexity index is 959. The summed E-state index contributed by atoms with van der Waals surface area (Å²) in [6.45, 7) is 4.75. The van der Waals surface area contributed by atoms with Crippen molar-refractivity contribution >= 4 is 27.8 Å². The lowest BCUT2D eigenvalue weighted by Crippen LogP contribution is -2.32. The highest BCUT2D eigenvalue weighted by Gasteiger charge is 2.28. The van der Waals surface area contributed by atoms with Crippen LogP contribution in [0, 0.1) is 13.8 Å². The molecule has 1 aliphatic rings. The van der Waals surface area contributed by atoms with Gasteiger partial charge in [-0.1, -0.05) is 36.7 Å². The monoisotopic (exact) mass is 422 g/mol. The van der Waals surface area contributed by atoms with Gasteiger partial charge in [-0.3, -0.25) is 4.79 Å². The molecule has 8 heteroatoms. The molecule has 1 aromatic heterocycles.